The minimum atomic E-state index is -0.140. The van der Waals surface area contributed by atoms with Crippen molar-refractivity contribution in [2.75, 3.05) is 0 Å². The van der Waals surface area contributed by atoms with Crippen LogP contribution >= 0.6 is 0 Å². The molecule has 2 heteroatoms. The molecule has 26 heavy (non-hydrogen) atoms. The highest BCUT2D eigenvalue weighted by Crippen LogP contribution is 2.40. The lowest BCUT2D eigenvalue weighted by Crippen LogP contribution is -2.15. The van der Waals surface area contributed by atoms with Gasteiger partial charge in [-0.05, 0) is 80.0 Å². The predicted molar refractivity (Wildman–Crippen MR) is 110 cm³/mol. The minimum absolute atomic E-state index is 0.140. The van der Waals surface area contributed by atoms with Gasteiger partial charge >= 0.3 is 0 Å². The fourth-order valence-corrected chi connectivity index (χ4v) is 4.13. The van der Waals surface area contributed by atoms with E-state index in [1.807, 2.05) is 30.3 Å². The van der Waals surface area contributed by atoms with E-state index in [0.29, 0.717) is 17.4 Å². The van der Waals surface area contributed by atoms with Crippen LogP contribution in [-0.4, -0.2) is 6.72 Å². The molecule has 0 unspecified atom stereocenters. The standard InChI is InChI=1S/C24H28FN/c1-4-5-17(2)18-6-8-19(9-7-18)21-12-15-23(24(25)16-21)20-10-13-22(26-3)14-11-20/h10-16,18-19H,2-9H2,1H3. The van der Waals surface area contributed by atoms with E-state index in [1.54, 1.807) is 6.07 Å². The van der Waals surface area contributed by atoms with Crippen molar-refractivity contribution in [1.82, 2.24) is 0 Å². The lowest BCUT2D eigenvalue weighted by atomic mass is 9.75. The van der Waals surface area contributed by atoms with Gasteiger partial charge in [0.1, 0.15) is 5.82 Å². The molecule has 136 valence electrons. The highest BCUT2D eigenvalue weighted by Gasteiger charge is 2.24. The number of hydrogen-bond acceptors (Lipinski definition) is 1. The van der Waals surface area contributed by atoms with Crippen LogP contribution < -0.4 is 0 Å². The first-order valence-corrected chi connectivity index (χ1v) is 9.66. The summed E-state index contributed by atoms with van der Waals surface area (Å²) in [5.74, 6) is 0.989. The Bertz CT molecular complexity index is 767. The van der Waals surface area contributed by atoms with Gasteiger partial charge in [0, 0.05) is 5.56 Å². The van der Waals surface area contributed by atoms with Crippen LogP contribution in [0.15, 0.2) is 59.6 Å². The van der Waals surface area contributed by atoms with Crippen LogP contribution in [0.4, 0.5) is 10.1 Å². The van der Waals surface area contributed by atoms with E-state index in [1.165, 1.54) is 24.8 Å². The summed E-state index contributed by atoms with van der Waals surface area (Å²) in [6, 6.07) is 13.3. The number of benzene rings is 2. The molecule has 0 heterocycles. The molecule has 1 aliphatic carbocycles. The molecule has 1 fully saturated rings. The highest BCUT2D eigenvalue weighted by molar-refractivity contribution is 5.66. The third kappa shape index (κ3) is 4.12. The Morgan fingerprint density at radius 2 is 1.77 bits per heavy atom. The summed E-state index contributed by atoms with van der Waals surface area (Å²) in [5, 5.41) is 0. The van der Waals surface area contributed by atoms with Gasteiger partial charge in [0.25, 0.3) is 0 Å². The quantitative estimate of drug-likeness (QED) is 0.379. The molecule has 0 saturated heterocycles. The molecule has 2 aromatic carbocycles. The zero-order valence-corrected chi connectivity index (χ0v) is 15.7. The molecule has 0 spiro atoms. The molecule has 0 radical (unpaired) electrons. The molecule has 0 bridgehead atoms. The van der Waals surface area contributed by atoms with Crippen molar-refractivity contribution in [3.8, 4) is 11.1 Å². The molecule has 1 saturated carbocycles. The Kier molecular flexibility index (Phi) is 6.03. The first-order valence-electron chi connectivity index (χ1n) is 9.66. The SMILES string of the molecule is C=Nc1ccc(-c2ccc(C3CCC(C(=C)CCC)CC3)cc2F)cc1. The first-order chi connectivity index (χ1) is 12.6. The Morgan fingerprint density at radius 3 is 2.35 bits per heavy atom. The summed E-state index contributed by atoms with van der Waals surface area (Å²) in [7, 11) is 0. The number of rotatable bonds is 6. The van der Waals surface area contributed by atoms with E-state index in [4.69, 9.17) is 0 Å². The zero-order valence-electron chi connectivity index (χ0n) is 15.7. The van der Waals surface area contributed by atoms with Crippen LogP contribution in [-0.2, 0) is 0 Å². The Labute approximate surface area is 156 Å². The average Bonchev–Trinajstić information content (AvgIpc) is 2.68. The Morgan fingerprint density at radius 1 is 1.08 bits per heavy atom. The van der Waals surface area contributed by atoms with Crippen molar-refractivity contribution in [2.45, 2.75) is 51.4 Å². The average molecular weight is 349 g/mol. The summed E-state index contributed by atoms with van der Waals surface area (Å²) in [5.41, 5.74) is 4.86. The maximum atomic E-state index is 14.7. The molecular formula is C24H28FN. The second kappa shape index (κ2) is 8.44. The van der Waals surface area contributed by atoms with Crippen molar-refractivity contribution in [1.29, 1.82) is 0 Å². The molecule has 0 atom stereocenters. The number of allylic oxidation sites excluding steroid dienone is 1. The number of hydrogen-bond donors (Lipinski definition) is 0. The van der Waals surface area contributed by atoms with Crippen LogP contribution in [0.2, 0.25) is 0 Å². The van der Waals surface area contributed by atoms with Gasteiger partial charge < -0.3 is 0 Å². The minimum Gasteiger partial charge on any atom is -0.265 e. The van der Waals surface area contributed by atoms with E-state index in [0.717, 1.165) is 36.1 Å². The van der Waals surface area contributed by atoms with E-state index >= 15 is 0 Å². The zero-order chi connectivity index (χ0) is 18.5. The normalized spacial score (nSPS) is 19.9. The molecule has 0 N–H and O–H groups in total. The van der Waals surface area contributed by atoms with E-state index in [9.17, 15) is 4.39 Å². The highest BCUT2D eigenvalue weighted by atomic mass is 19.1. The van der Waals surface area contributed by atoms with Crippen molar-refractivity contribution in [3.05, 3.63) is 66.0 Å². The maximum absolute atomic E-state index is 14.7. The number of halogens is 1. The topological polar surface area (TPSA) is 12.4 Å². The summed E-state index contributed by atoms with van der Waals surface area (Å²) in [6.45, 7) is 9.99. The largest absolute Gasteiger partial charge is 0.265 e. The van der Waals surface area contributed by atoms with Gasteiger partial charge in [-0.3, -0.25) is 4.99 Å². The van der Waals surface area contributed by atoms with Gasteiger partial charge in [0.15, 0.2) is 0 Å². The number of aliphatic imine (C=N–C) groups is 1. The Hall–Kier alpha value is -2.22. The molecule has 0 amide bonds. The lowest BCUT2D eigenvalue weighted by molar-refractivity contribution is 0.356. The van der Waals surface area contributed by atoms with Gasteiger partial charge in [-0.1, -0.05) is 49.8 Å². The summed E-state index contributed by atoms with van der Waals surface area (Å²) < 4.78 is 14.7. The van der Waals surface area contributed by atoms with Gasteiger partial charge in [-0.2, -0.15) is 0 Å². The third-order valence-corrected chi connectivity index (χ3v) is 5.70. The van der Waals surface area contributed by atoms with Crippen molar-refractivity contribution >= 4 is 12.4 Å². The molecule has 0 aromatic heterocycles. The second-order valence-electron chi connectivity index (χ2n) is 7.40. The molecule has 3 rings (SSSR count). The Balaban J connectivity index is 1.70. The fourth-order valence-electron chi connectivity index (χ4n) is 4.13. The van der Waals surface area contributed by atoms with Gasteiger partial charge in [-0.15, -0.1) is 0 Å². The molecule has 0 aliphatic heterocycles. The van der Waals surface area contributed by atoms with E-state index in [-0.39, 0.29) is 5.82 Å². The smallest absolute Gasteiger partial charge is 0.131 e. The third-order valence-electron chi connectivity index (χ3n) is 5.70. The summed E-state index contributed by atoms with van der Waals surface area (Å²) in [4.78, 5) is 3.88. The van der Waals surface area contributed by atoms with Gasteiger partial charge in [-0.25, -0.2) is 4.39 Å². The monoisotopic (exact) mass is 349 g/mol. The van der Waals surface area contributed by atoms with Crippen LogP contribution in [0.25, 0.3) is 11.1 Å². The van der Waals surface area contributed by atoms with Crippen LogP contribution in [0, 0.1) is 11.7 Å². The van der Waals surface area contributed by atoms with Gasteiger partial charge in [0.2, 0.25) is 0 Å². The van der Waals surface area contributed by atoms with Crippen LogP contribution in [0.3, 0.4) is 0 Å². The van der Waals surface area contributed by atoms with Crippen molar-refractivity contribution < 1.29 is 4.39 Å². The molecule has 1 nitrogen and oxygen atoms in total. The number of nitrogens with zero attached hydrogens (tertiary/aromatic N) is 1. The molecule has 1 aliphatic rings. The molecule has 2 aromatic rings. The second-order valence-corrected chi connectivity index (χ2v) is 7.40. The maximum Gasteiger partial charge on any atom is 0.131 e. The summed E-state index contributed by atoms with van der Waals surface area (Å²) in [6.07, 6.45) is 6.94. The van der Waals surface area contributed by atoms with Crippen LogP contribution in [0.5, 0.6) is 0 Å². The molecular weight excluding hydrogens is 321 g/mol. The van der Waals surface area contributed by atoms with Crippen LogP contribution in [0.1, 0.15) is 56.9 Å². The first kappa shape index (κ1) is 18.6. The summed E-state index contributed by atoms with van der Waals surface area (Å²) >= 11 is 0. The predicted octanol–water partition coefficient (Wildman–Crippen LogP) is 7.45. The van der Waals surface area contributed by atoms with Crippen molar-refractivity contribution in [3.63, 3.8) is 0 Å². The van der Waals surface area contributed by atoms with Crippen molar-refractivity contribution in [2.24, 2.45) is 10.9 Å². The fraction of sp³-hybridized carbons (Fsp3) is 0.375. The lowest BCUT2D eigenvalue weighted by Gasteiger charge is -2.30. The van der Waals surface area contributed by atoms with E-state index in [2.05, 4.69) is 31.3 Å². The van der Waals surface area contributed by atoms with Gasteiger partial charge in [0.05, 0.1) is 5.69 Å². The van der Waals surface area contributed by atoms with E-state index < -0.39 is 0 Å².